The van der Waals surface area contributed by atoms with E-state index in [4.69, 9.17) is 18.9 Å². The van der Waals surface area contributed by atoms with E-state index in [0.717, 1.165) is 0 Å². The first kappa shape index (κ1) is 17.9. The minimum Gasteiger partial charge on any atom is -0.494 e. The van der Waals surface area contributed by atoms with Gasteiger partial charge in [0.2, 0.25) is 15.8 Å². The van der Waals surface area contributed by atoms with Crippen LogP contribution in [-0.4, -0.2) is 76.1 Å². The molecule has 1 saturated heterocycles. The van der Waals surface area contributed by atoms with Crippen molar-refractivity contribution in [2.75, 3.05) is 52.6 Å². The number of rotatable bonds is 3. The Hall–Kier alpha value is -2.46. The van der Waals surface area contributed by atoms with Gasteiger partial charge in [-0.25, -0.2) is 8.42 Å². The van der Waals surface area contributed by atoms with E-state index in [2.05, 4.69) is 0 Å². The number of hydrogen-bond donors (Lipinski definition) is 0. The molecule has 3 heterocycles. The fraction of sp³-hybridized carbons (Fsp3) is 0.471. The zero-order valence-corrected chi connectivity index (χ0v) is 15.4. The highest BCUT2D eigenvalue weighted by Crippen LogP contribution is 2.33. The average Bonchev–Trinajstić information content (AvgIpc) is 2.73. The fourth-order valence-electron chi connectivity index (χ4n) is 3.10. The smallest absolute Gasteiger partial charge is 0.292 e. The summed E-state index contributed by atoms with van der Waals surface area (Å²) >= 11 is 0. The molecule has 0 bridgehead atoms. The van der Waals surface area contributed by atoms with E-state index in [-0.39, 0.29) is 42.7 Å². The summed E-state index contributed by atoms with van der Waals surface area (Å²) in [6.07, 6.45) is 1.31. The molecule has 0 radical (unpaired) electrons. The molecule has 0 spiro atoms. The van der Waals surface area contributed by atoms with Crippen molar-refractivity contribution >= 4 is 15.9 Å². The van der Waals surface area contributed by atoms with Crippen molar-refractivity contribution < 1.29 is 32.2 Å². The SMILES string of the molecule is O=C(C1=COCCO1)N1CCN(S(=O)(=O)c2ccc3c(c2)OCCO3)CC1. The summed E-state index contributed by atoms with van der Waals surface area (Å²) < 4.78 is 48.5. The van der Waals surface area contributed by atoms with Crippen molar-refractivity contribution in [3.63, 3.8) is 0 Å². The summed E-state index contributed by atoms with van der Waals surface area (Å²) in [5, 5.41) is 0. The van der Waals surface area contributed by atoms with Gasteiger partial charge < -0.3 is 23.8 Å². The van der Waals surface area contributed by atoms with E-state index in [1.54, 1.807) is 11.0 Å². The summed E-state index contributed by atoms with van der Waals surface area (Å²) in [6, 6.07) is 4.60. The molecule has 1 amide bonds. The first-order chi connectivity index (χ1) is 13.1. The number of carbonyl (C=O) groups is 1. The summed E-state index contributed by atoms with van der Waals surface area (Å²) in [7, 11) is -3.68. The lowest BCUT2D eigenvalue weighted by atomic mass is 10.3. The molecule has 0 aromatic heterocycles. The van der Waals surface area contributed by atoms with Crippen LogP contribution in [0.5, 0.6) is 11.5 Å². The van der Waals surface area contributed by atoms with Crippen molar-refractivity contribution in [3.05, 3.63) is 30.2 Å². The van der Waals surface area contributed by atoms with Gasteiger partial charge in [-0.15, -0.1) is 0 Å². The van der Waals surface area contributed by atoms with Crippen molar-refractivity contribution in [2.45, 2.75) is 4.90 Å². The molecule has 27 heavy (non-hydrogen) atoms. The van der Waals surface area contributed by atoms with Gasteiger partial charge >= 0.3 is 0 Å². The molecule has 0 N–H and O–H groups in total. The lowest BCUT2D eigenvalue weighted by molar-refractivity contribution is -0.133. The Labute approximate surface area is 157 Å². The van der Waals surface area contributed by atoms with Gasteiger partial charge in [0.15, 0.2) is 11.5 Å². The summed E-state index contributed by atoms with van der Waals surface area (Å²) in [4.78, 5) is 14.1. The minimum atomic E-state index is -3.68. The van der Waals surface area contributed by atoms with Crippen LogP contribution in [0.1, 0.15) is 0 Å². The minimum absolute atomic E-state index is 0.151. The van der Waals surface area contributed by atoms with Crippen molar-refractivity contribution in [3.8, 4) is 11.5 Å². The number of ether oxygens (including phenoxy) is 4. The number of nitrogens with zero attached hydrogens (tertiary/aromatic N) is 2. The van der Waals surface area contributed by atoms with E-state index in [0.29, 0.717) is 37.9 Å². The maximum atomic E-state index is 12.9. The standard InChI is InChI=1S/C17H20N2O7S/c20-17(16-12-23-7-8-26-16)18-3-5-19(6-4-18)27(21,22)13-1-2-14-15(11-13)25-10-9-24-14/h1-2,11-12H,3-10H2. The molecule has 0 aliphatic carbocycles. The highest BCUT2D eigenvalue weighted by Gasteiger charge is 2.32. The second-order valence-corrected chi connectivity index (χ2v) is 8.14. The van der Waals surface area contributed by atoms with Crippen molar-refractivity contribution in [1.29, 1.82) is 0 Å². The van der Waals surface area contributed by atoms with Gasteiger partial charge in [0.1, 0.15) is 32.7 Å². The predicted octanol–water partition coefficient (Wildman–Crippen LogP) is 0.179. The fourth-order valence-corrected chi connectivity index (χ4v) is 4.54. The Morgan fingerprint density at radius 3 is 2.30 bits per heavy atom. The van der Waals surface area contributed by atoms with Gasteiger partial charge in [-0.05, 0) is 12.1 Å². The third-order valence-corrected chi connectivity index (χ3v) is 6.43. The lowest BCUT2D eigenvalue weighted by Gasteiger charge is -2.34. The molecule has 9 nitrogen and oxygen atoms in total. The number of carbonyl (C=O) groups excluding carboxylic acids is 1. The zero-order chi connectivity index (χ0) is 18.9. The highest BCUT2D eigenvalue weighted by molar-refractivity contribution is 7.89. The highest BCUT2D eigenvalue weighted by atomic mass is 32.2. The Morgan fingerprint density at radius 1 is 0.889 bits per heavy atom. The van der Waals surface area contributed by atoms with Crippen LogP contribution in [0.4, 0.5) is 0 Å². The molecular weight excluding hydrogens is 376 g/mol. The number of amides is 1. The Kier molecular flexibility index (Phi) is 4.83. The molecular formula is C17H20N2O7S. The maximum Gasteiger partial charge on any atom is 0.292 e. The Balaban J connectivity index is 1.44. The molecule has 0 atom stereocenters. The van der Waals surface area contributed by atoms with Gasteiger partial charge in [-0.1, -0.05) is 0 Å². The van der Waals surface area contributed by atoms with Crippen LogP contribution in [0, 0.1) is 0 Å². The van der Waals surface area contributed by atoms with Crippen LogP contribution in [0.15, 0.2) is 35.1 Å². The van der Waals surface area contributed by atoms with Crippen LogP contribution in [-0.2, 0) is 24.3 Å². The molecule has 146 valence electrons. The monoisotopic (exact) mass is 396 g/mol. The third-order valence-electron chi connectivity index (χ3n) is 4.54. The Bertz CT molecular complexity index is 860. The van der Waals surface area contributed by atoms with E-state index in [1.165, 1.54) is 22.7 Å². The second kappa shape index (κ2) is 7.28. The summed E-state index contributed by atoms with van der Waals surface area (Å²) in [5.41, 5.74) is 0. The van der Waals surface area contributed by atoms with Crippen LogP contribution in [0.2, 0.25) is 0 Å². The predicted molar refractivity (Wildman–Crippen MR) is 92.8 cm³/mol. The molecule has 10 heteroatoms. The number of piperazine rings is 1. The second-order valence-electron chi connectivity index (χ2n) is 6.20. The first-order valence-corrected chi connectivity index (χ1v) is 10.1. The van der Waals surface area contributed by atoms with E-state index >= 15 is 0 Å². The zero-order valence-electron chi connectivity index (χ0n) is 14.6. The molecule has 0 saturated carbocycles. The van der Waals surface area contributed by atoms with Gasteiger partial charge in [-0.3, -0.25) is 4.79 Å². The molecule has 0 unspecified atom stereocenters. The topological polar surface area (TPSA) is 94.6 Å². The maximum absolute atomic E-state index is 12.9. The van der Waals surface area contributed by atoms with Gasteiger partial charge in [0.25, 0.3) is 5.91 Å². The Morgan fingerprint density at radius 2 is 1.59 bits per heavy atom. The van der Waals surface area contributed by atoms with Crippen LogP contribution in [0.25, 0.3) is 0 Å². The van der Waals surface area contributed by atoms with Gasteiger partial charge in [-0.2, -0.15) is 4.31 Å². The quantitative estimate of drug-likeness (QED) is 0.719. The van der Waals surface area contributed by atoms with Crippen LogP contribution < -0.4 is 9.47 Å². The first-order valence-electron chi connectivity index (χ1n) is 8.69. The normalized spacial score (nSPS) is 20.3. The molecule has 1 aromatic carbocycles. The van der Waals surface area contributed by atoms with E-state index in [9.17, 15) is 13.2 Å². The summed E-state index contributed by atoms with van der Waals surface area (Å²) in [5.74, 6) is 0.839. The average molecular weight is 396 g/mol. The van der Waals surface area contributed by atoms with Crippen LogP contribution in [0.3, 0.4) is 0 Å². The number of benzene rings is 1. The van der Waals surface area contributed by atoms with Gasteiger partial charge in [0, 0.05) is 32.2 Å². The van der Waals surface area contributed by atoms with E-state index in [1.807, 2.05) is 0 Å². The number of fused-ring (bicyclic) bond motifs is 1. The molecule has 3 aliphatic heterocycles. The third kappa shape index (κ3) is 3.54. The molecule has 3 aliphatic rings. The molecule has 1 aromatic rings. The van der Waals surface area contributed by atoms with Crippen molar-refractivity contribution in [2.24, 2.45) is 0 Å². The van der Waals surface area contributed by atoms with E-state index < -0.39 is 10.0 Å². The van der Waals surface area contributed by atoms with Crippen LogP contribution >= 0.6 is 0 Å². The molecule has 1 fully saturated rings. The molecule has 4 rings (SSSR count). The lowest BCUT2D eigenvalue weighted by Crippen LogP contribution is -2.51. The number of hydrogen-bond acceptors (Lipinski definition) is 7. The summed E-state index contributed by atoms with van der Waals surface area (Å²) in [6.45, 7) is 2.55. The van der Waals surface area contributed by atoms with Crippen molar-refractivity contribution in [1.82, 2.24) is 9.21 Å². The number of sulfonamides is 1. The largest absolute Gasteiger partial charge is 0.494 e. The van der Waals surface area contributed by atoms with Gasteiger partial charge in [0.05, 0.1) is 4.90 Å².